The van der Waals surface area contributed by atoms with Gasteiger partial charge in [-0.25, -0.2) is 0 Å². The Morgan fingerprint density at radius 3 is 3.25 bits per heavy atom. The number of hydrogen-bond donors (Lipinski definition) is 1. The van der Waals surface area contributed by atoms with Gasteiger partial charge in [-0.05, 0) is 37.4 Å². The van der Waals surface area contributed by atoms with E-state index in [2.05, 4.69) is 17.2 Å². The standard InChI is InChI=1S/C13H20N2O/c1-2-4-11-6-8-15-13(11)10-16-12-5-3-7-14-9-12/h3,5,7,9,11,13,15H,2,4,6,8,10H2,1H3/t11-,13-/m0/s1. The molecule has 2 heterocycles. The Morgan fingerprint density at radius 2 is 2.50 bits per heavy atom. The summed E-state index contributed by atoms with van der Waals surface area (Å²) in [5.41, 5.74) is 0. The van der Waals surface area contributed by atoms with Crippen molar-refractivity contribution in [3.05, 3.63) is 24.5 Å². The molecule has 88 valence electrons. The van der Waals surface area contributed by atoms with Crippen LogP contribution in [0.25, 0.3) is 0 Å². The Balaban J connectivity index is 1.81. The molecule has 3 nitrogen and oxygen atoms in total. The topological polar surface area (TPSA) is 34.1 Å². The summed E-state index contributed by atoms with van der Waals surface area (Å²) in [6.07, 6.45) is 7.38. The Kier molecular flexibility index (Phi) is 4.17. The molecule has 2 rings (SSSR count). The lowest BCUT2D eigenvalue weighted by molar-refractivity contribution is 0.241. The van der Waals surface area contributed by atoms with Crippen LogP contribution in [-0.2, 0) is 0 Å². The summed E-state index contributed by atoms with van der Waals surface area (Å²) in [6.45, 7) is 4.14. The number of nitrogens with one attached hydrogen (secondary N) is 1. The van der Waals surface area contributed by atoms with Crippen LogP contribution in [0.15, 0.2) is 24.5 Å². The van der Waals surface area contributed by atoms with Crippen LogP contribution in [0.1, 0.15) is 26.2 Å². The first-order valence-electron chi connectivity index (χ1n) is 6.16. The zero-order valence-electron chi connectivity index (χ0n) is 9.86. The number of hydrogen-bond acceptors (Lipinski definition) is 3. The number of nitrogens with zero attached hydrogens (tertiary/aromatic N) is 1. The molecule has 0 radical (unpaired) electrons. The molecule has 3 heteroatoms. The van der Waals surface area contributed by atoms with Gasteiger partial charge in [0.1, 0.15) is 12.4 Å². The van der Waals surface area contributed by atoms with E-state index in [0.29, 0.717) is 6.04 Å². The van der Waals surface area contributed by atoms with E-state index in [0.717, 1.165) is 24.8 Å². The highest BCUT2D eigenvalue weighted by Crippen LogP contribution is 2.21. The van der Waals surface area contributed by atoms with Gasteiger partial charge in [-0.15, -0.1) is 0 Å². The molecule has 1 aromatic heterocycles. The maximum Gasteiger partial charge on any atom is 0.137 e. The summed E-state index contributed by atoms with van der Waals surface area (Å²) in [5, 5.41) is 3.52. The number of aromatic nitrogens is 1. The average molecular weight is 220 g/mol. The molecule has 0 aliphatic carbocycles. The molecular weight excluding hydrogens is 200 g/mol. The molecule has 1 aliphatic rings. The van der Waals surface area contributed by atoms with Crippen LogP contribution in [0.4, 0.5) is 0 Å². The lowest BCUT2D eigenvalue weighted by atomic mass is 9.96. The Labute approximate surface area is 97.2 Å². The molecule has 0 bridgehead atoms. The third-order valence-electron chi connectivity index (χ3n) is 3.21. The Bertz CT molecular complexity index is 302. The molecule has 0 spiro atoms. The van der Waals surface area contributed by atoms with Gasteiger partial charge in [0.25, 0.3) is 0 Å². The SMILES string of the molecule is CCC[C@H]1CCN[C@H]1COc1cccnc1. The van der Waals surface area contributed by atoms with E-state index in [1.165, 1.54) is 19.3 Å². The first kappa shape index (κ1) is 11.4. The molecule has 0 saturated carbocycles. The monoisotopic (exact) mass is 220 g/mol. The van der Waals surface area contributed by atoms with E-state index < -0.39 is 0 Å². The molecule has 1 fully saturated rings. The van der Waals surface area contributed by atoms with Crippen LogP contribution in [0.2, 0.25) is 0 Å². The van der Waals surface area contributed by atoms with E-state index in [1.807, 2.05) is 12.1 Å². The smallest absolute Gasteiger partial charge is 0.137 e. The summed E-state index contributed by atoms with van der Waals surface area (Å²) in [5.74, 6) is 1.65. The van der Waals surface area contributed by atoms with Crippen LogP contribution < -0.4 is 10.1 Å². The van der Waals surface area contributed by atoms with Crippen LogP contribution in [0.3, 0.4) is 0 Å². The maximum absolute atomic E-state index is 5.74. The Morgan fingerprint density at radius 1 is 1.56 bits per heavy atom. The minimum Gasteiger partial charge on any atom is -0.490 e. The lowest BCUT2D eigenvalue weighted by Crippen LogP contribution is -2.33. The molecule has 0 amide bonds. The van der Waals surface area contributed by atoms with Crippen molar-refractivity contribution in [1.82, 2.24) is 10.3 Å². The molecule has 0 aromatic carbocycles. The van der Waals surface area contributed by atoms with Gasteiger partial charge in [0.05, 0.1) is 6.20 Å². The summed E-state index contributed by atoms with van der Waals surface area (Å²) >= 11 is 0. The van der Waals surface area contributed by atoms with Gasteiger partial charge in [-0.2, -0.15) is 0 Å². The highest BCUT2D eigenvalue weighted by molar-refractivity contribution is 5.15. The maximum atomic E-state index is 5.74. The quantitative estimate of drug-likeness (QED) is 0.826. The normalized spacial score (nSPS) is 24.6. The van der Waals surface area contributed by atoms with Crippen LogP contribution in [-0.4, -0.2) is 24.2 Å². The minimum atomic E-state index is 0.514. The zero-order valence-corrected chi connectivity index (χ0v) is 9.86. The summed E-state index contributed by atoms with van der Waals surface area (Å²) < 4.78 is 5.74. The van der Waals surface area contributed by atoms with Crippen molar-refractivity contribution in [3.8, 4) is 5.75 Å². The molecule has 2 atom stereocenters. The van der Waals surface area contributed by atoms with Crippen LogP contribution >= 0.6 is 0 Å². The first-order valence-corrected chi connectivity index (χ1v) is 6.16. The Hall–Kier alpha value is -1.09. The van der Waals surface area contributed by atoms with Gasteiger partial charge in [-0.3, -0.25) is 4.98 Å². The van der Waals surface area contributed by atoms with Crippen LogP contribution in [0.5, 0.6) is 5.75 Å². The van der Waals surface area contributed by atoms with E-state index in [-0.39, 0.29) is 0 Å². The summed E-state index contributed by atoms with van der Waals surface area (Å²) in [7, 11) is 0. The third-order valence-corrected chi connectivity index (χ3v) is 3.21. The molecule has 16 heavy (non-hydrogen) atoms. The molecular formula is C13H20N2O. The molecule has 0 unspecified atom stereocenters. The average Bonchev–Trinajstić information content (AvgIpc) is 2.76. The van der Waals surface area contributed by atoms with Crippen molar-refractivity contribution in [1.29, 1.82) is 0 Å². The van der Waals surface area contributed by atoms with Gasteiger partial charge in [0, 0.05) is 12.2 Å². The fourth-order valence-corrected chi connectivity index (χ4v) is 2.35. The zero-order chi connectivity index (χ0) is 11.2. The van der Waals surface area contributed by atoms with Gasteiger partial charge in [-0.1, -0.05) is 13.3 Å². The van der Waals surface area contributed by atoms with Crippen molar-refractivity contribution < 1.29 is 4.74 Å². The van der Waals surface area contributed by atoms with Crippen molar-refractivity contribution in [2.24, 2.45) is 5.92 Å². The van der Waals surface area contributed by atoms with E-state index in [9.17, 15) is 0 Å². The predicted molar refractivity (Wildman–Crippen MR) is 64.5 cm³/mol. The first-order chi connectivity index (χ1) is 7.90. The summed E-state index contributed by atoms with van der Waals surface area (Å²) in [4.78, 5) is 4.04. The van der Waals surface area contributed by atoms with Crippen molar-refractivity contribution in [2.45, 2.75) is 32.2 Å². The van der Waals surface area contributed by atoms with Gasteiger partial charge in [0.2, 0.25) is 0 Å². The van der Waals surface area contributed by atoms with Gasteiger partial charge >= 0.3 is 0 Å². The predicted octanol–water partition coefficient (Wildman–Crippen LogP) is 2.24. The number of ether oxygens (including phenoxy) is 1. The van der Waals surface area contributed by atoms with Crippen molar-refractivity contribution in [3.63, 3.8) is 0 Å². The second kappa shape index (κ2) is 5.85. The number of rotatable bonds is 5. The molecule has 1 saturated heterocycles. The van der Waals surface area contributed by atoms with Crippen LogP contribution in [0, 0.1) is 5.92 Å². The third kappa shape index (κ3) is 2.95. The highest BCUT2D eigenvalue weighted by Gasteiger charge is 2.26. The van der Waals surface area contributed by atoms with E-state index in [4.69, 9.17) is 4.74 Å². The second-order valence-corrected chi connectivity index (χ2v) is 4.40. The largest absolute Gasteiger partial charge is 0.490 e. The van der Waals surface area contributed by atoms with Crippen molar-refractivity contribution in [2.75, 3.05) is 13.2 Å². The minimum absolute atomic E-state index is 0.514. The number of pyridine rings is 1. The highest BCUT2D eigenvalue weighted by atomic mass is 16.5. The van der Waals surface area contributed by atoms with Gasteiger partial charge < -0.3 is 10.1 Å². The molecule has 1 N–H and O–H groups in total. The van der Waals surface area contributed by atoms with E-state index in [1.54, 1.807) is 12.4 Å². The van der Waals surface area contributed by atoms with Crippen molar-refractivity contribution >= 4 is 0 Å². The second-order valence-electron chi connectivity index (χ2n) is 4.40. The fourth-order valence-electron chi connectivity index (χ4n) is 2.35. The van der Waals surface area contributed by atoms with E-state index >= 15 is 0 Å². The fraction of sp³-hybridized carbons (Fsp3) is 0.615. The molecule has 1 aliphatic heterocycles. The lowest BCUT2D eigenvalue weighted by Gasteiger charge is -2.19. The summed E-state index contributed by atoms with van der Waals surface area (Å²) in [6, 6.07) is 4.37. The van der Waals surface area contributed by atoms with Gasteiger partial charge in [0.15, 0.2) is 0 Å². The molecule has 1 aromatic rings.